The average Bonchev–Trinajstić information content (AvgIpc) is 3.12. The van der Waals surface area contributed by atoms with E-state index in [9.17, 15) is 8.78 Å². The molecule has 150 valence electrons. The van der Waals surface area contributed by atoms with Gasteiger partial charge in [-0.1, -0.05) is 6.07 Å². The van der Waals surface area contributed by atoms with Crippen molar-refractivity contribution in [1.29, 1.82) is 0 Å². The van der Waals surface area contributed by atoms with Gasteiger partial charge in [-0.05, 0) is 55.1 Å². The number of piperazine rings is 1. The van der Waals surface area contributed by atoms with Gasteiger partial charge in [0, 0.05) is 58.1 Å². The Morgan fingerprint density at radius 3 is 2.39 bits per heavy atom. The highest BCUT2D eigenvalue weighted by Crippen LogP contribution is 2.25. The second-order valence-electron chi connectivity index (χ2n) is 8.19. The standard InChI is InChI=1S/C22H28F2N4/c1-26-6-8-27(9-7-26)15-18-2-3-22(25-14-18)28-5-4-17(16-28)10-19-11-20(23)13-21(24)12-19/h2-3,11-14,17H,4-10,15-16H2,1H3. The van der Waals surface area contributed by atoms with Gasteiger partial charge in [0.2, 0.25) is 0 Å². The summed E-state index contributed by atoms with van der Waals surface area (Å²) >= 11 is 0. The fourth-order valence-electron chi connectivity index (χ4n) is 4.23. The van der Waals surface area contributed by atoms with E-state index >= 15 is 0 Å². The zero-order chi connectivity index (χ0) is 19.5. The van der Waals surface area contributed by atoms with Gasteiger partial charge in [0.15, 0.2) is 0 Å². The molecule has 0 spiro atoms. The van der Waals surface area contributed by atoms with Crippen LogP contribution in [0.2, 0.25) is 0 Å². The smallest absolute Gasteiger partial charge is 0.128 e. The molecule has 0 radical (unpaired) electrons. The lowest BCUT2D eigenvalue weighted by atomic mass is 9.98. The first-order valence-electron chi connectivity index (χ1n) is 10.1. The van der Waals surface area contributed by atoms with Crippen LogP contribution in [0.1, 0.15) is 17.5 Å². The van der Waals surface area contributed by atoms with Crippen LogP contribution < -0.4 is 4.90 Å². The summed E-state index contributed by atoms with van der Waals surface area (Å²) in [5, 5.41) is 0. The normalized spacial score (nSPS) is 21.4. The van der Waals surface area contributed by atoms with Gasteiger partial charge in [-0.2, -0.15) is 0 Å². The summed E-state index contributed by atoms with van der Waals surface area (Å²) in [7, 11) is 2.17. The average molecular weight is 386 g/mol. The highest BCUT2D eigenvalue weighted by atomic mass is 19.1. The third kappa shape index (κ3) is 4.86. The van der Waals surface area contributed by atoms with E-state index in [4.69, 9.17) is 0 Å². The predicted molar refractivity (Wildman–Crippen MR) is 107 cm³/mol. The third-order valence-corrected chi connectivity index (χ3v) is 5.87. The molecule has 3 heterocycles. The maximum Gasteiger partial charge on any atom is 0.128 e. The Labute approximate surface area is 165 Å². The molecule has 1 aromatic heterocycles. The minimum Gasteiger partial charge on any atom is -0.356 e. The van der Waals surface area contributed by atoms with Crippen molar-refractivity contribution >= 4 is 5.82 Å². The summed E-state index contributed by atoms with van der Waals surface area (Å²) in [4.78, 5) is 11.8. The van der Waals surface area contributed by atoms with Crippen LogP contribution in [0, 0.1) is 17.6 Å². The molecule has 2 saturated heterocycles. The monoisotopic (exact) mass is 386 g/mol. The third-order valence-electron chi connectivity index (χ3n) is 5.87. The Balaban J connectivity index is 1.31. The van der Waals surface area contributed by atoms with E-state index in [0.29, 0.717) is 12.3 Å². The van der Waals surface area contributed by atoms with Crippen LogP contribution in [0.4, 0.5) is 14.6 Å². The van der Waals surface area contributed by atoms with E-state index in [1.54, 1.807) is 0 Å². The first kappa shape index (κ1) is 19.3. The Bertz CT molecular complexity index is 767. The predicted octanol–water partition coefficient (Wildman–Crippen LogP) is 3.18. The number of halogens is 2. The van der Waals surface area contributed by atoms with Crippen molar-refractivity contribution in [3.05, 3.63) is 59.3 Å². The van der Waals surface area contributed by atoms with Crippen LogP contribution in [0.3, 0.4) is 0 Å². The van der Waals surface area contributed by atoms with Gasteiger partial charge >= 0.3 is 0 Å². The molecule has 4 nitrogen and oxygen atoms in total. The molecule has 0 amide bonds. The van der Waals surface area contributed by atoms with Crippen molar-refractivity contribution in [2.75, 3.05) is 51.2 Å². The first-order chi connectivity index (χ1) is 13.5. The van der Waals surface area contributed by atoms with Crippen LogP contribution in [-0.4, -0.2) is 61.1 Å². The lowest BCUT2D eigenvalue weighted by Crippen LogP contribution is -2.43. The number of hydrogen-bond donors (Lipinski definition) is 0. The zero-order valence-electron chi connectivity index (χ0n) is 16.5. The van der Waals surface area contributed by atoms with Crippen molar-refractivity contribution in [1.82, 2.24) is 14.8 Å². The SMILES string of the molecule is CN1CCN(Cc2ccc(N3CCC(Cc4cc(F)cc(F)c4)C3)nc2)CC1. The number of hydrogen-bond acceptors (Lipinski definition) is 4. The molecular weight excluding hydrogens is 358 g/mol. The van der Waals surface area contributed by atoms with Crippen LogP contribution in [0.25, 0.3) is 0 Å². The summed E-state index contributed by atoms with van der Waals surface area (Å²) in [5.41, 5.74) is 1.99. The summed E-state index contributed by atoms with van der Waals surface area (Å²) < 4.78 is 26.8. The molecule has 0 N–H and O–H groups in total. The van der Waals surface area contributed by atoms with Gasteiger partial charge in [0.05, 0.1) is 0 Å². The number of nitrogens with zero attached hydrogens (tertiary/aromatic N) is 4. The lowest BCUT2D eigenvalue weighted by molar-refractivity contribution is 0.148. The Morgan fingerprint density at radius 1 is 0.964 bits per heavy atom. The van der Waals surface area contributed by atoms with E-state index in [2.05, 4.69) is 38.9 Å². The van der Waals surface area contributed by atoms with Crippen molar-refractivity contribution < 1.29 is 8.78 Å². The van der Waals surface area contributed by atoms with Crippen LogP contribution in [0.15, 0.2) is 36.5 Å². The first-order valence-corrected chi connectivity index (χ1v) is 10.1. The molecule has 1 atom stereocenters. The minimum absolute atomic E-state index is 0.396. The summed E-state index contributed by atoms with van der Waals surface area (Å²) in [6.45, 7) is 7.22. The van der Waals surface area contributed by atoms with E-state index in [-0.39, 0.29) is 0 Å². The molecule has 4 rings (SSSR count). The Morgan fingerprint density at radius 2 is 1.71 bits per heavy atom. The molecule has 2 aromatic rings. The van der Waals surface area contributed by atoms with E-state index in [0.717, 1.165) is 69.7 Å². The topological polar surface area (TPSA) is 22.6 Å². The largest absolute Gasteiger partial charge is 0.356 e. The number of aromatic nitrogens is 1. The van der Waals surface area contributed by atoms with Crippen molar-refractivity contribution in [2.45, 2.75) is 19.4 Å². The molecule has 6 heteroatoms. The second-order valence-corrected chi connectivity index (χ2v) is 8.19. The minimum atomic E-state index is -0.498. The molecule has 0 bridgehead atoms. The number of benzene rings is 1. The van der Waals surface area contributed by atoms with Gasteiger partial charge in [0.1, 0.15) is 17.5 Å². The number of anilines is 1. The quantitative estimate of drug-likeness (QED) is 0.787. The lowest BCUT2D eigenvalue weighted by Gasteiger charge is -2.32. The number of rotatable bonds is 5. The zero-order valence-corrected chi connectivity index (χ0v) is 16.5. The Hall–Kier alpha value is -2.05. The maximum absolute atomic E-state index is 13.4. The fraction of sp³-hybridized carbons (Fsp3) is 0.500. The van der Waals surface area contributed by atoms with Gasteiger partial charge in [0.25, 0.3) is 0 Å². The highest BCUT2D eigenvalue weighted by Gasteiger charge is 2.24. The van der Waals surface area contributed by atoms with Crippen molar-refractivity contribution in [3.8, 4) is 0 Å². The Kier molecular flexibility index (Phi) is 5.87. The number of pyridine rings is 1. The molecule has 1 aromatic carbocycles. The molecule has 0 saturated carbocycles. The van der Waals surface area contributed by atoms with Crippen molar-refractivity contribution in [2.24, 2.45) is 5.92 Å². The highest BCUT2D eigenvalue weighted by molar-refractivity contribution is 5.40. The maximum atomic E-state index is 13.4. The van der Waals surface area contributed by atoms with Gasteiger partial charge in [-0.3, -0.25) is 4.90 Å². The summed E-state index contributed by atoms with van der Waals surface area (Å²) in [5.74, 6) is 0.396. The van der Waals surface area contributed by atoms with Crippen LogP contribution in [-0.2, 0) is 13.0 Å². The molecule has 2 aliphatic rings. The fourth-order valence-corrected chi connectivity index (χ4v) is 4.23. The number of likely N-dealkylation sites (N-methyl/N-ethyl adjacent to an activating group) is 1. The van der Waals surface area contributed by atoms with Crippen molar-refractivity contribution in [3.63, 3.8) is 0 Å². The van der Waals surface area contributed by atoms with Gasteiger partial charge in [-0.25, -0.2) is 13.8 Å². The van der Waals surface area contributed by atoms with Gasteiger partial charge in [-0.15, -0.1) is 0 Å². The molecule has 1 unspecified atom stereocenters. The molecule has 0 aliphatic carbocycles. The molecule has 28 heavy (non-hydrogen) atoms. The van der Waals surface area contributed by atoms with E-state index < -0.39 is 11.6 Å². The van der Waals surface area contributed by atoms with Crippen LogP contribution in [0.5, 0.6) is 0 Å². The summed E-state index contributed by atoms with van der Waals surface area (Å²) in [6, 6.07) is 8.10. The molecular formula is C22H28F2N4. The van der Waals surface area contributed by atoms with Crippen LogP contribution >= 0.6 is 0 Å². The van der Waals surface area contributed by atoms with E-state index in [1.165, 1.54) is 17.7 Å². The molecule has 2 aliphatic heterocycles. The molecule has 2 fully saturated rings. The summed E-state index contributed by atoms with van der Waals surface area (Å²) in [6.07, 6.45) is 3.71. The van der Waals surface area contributed by atoms with E-state index in [1.807, 2.05) is 6.20 Å². The second kappa shape index (κ2) is 8.53. The van der Waals surface area contributed by atoms with Gasteiger partial charge < -0.3 is 9.80 Å².